The molecule has 0 spiro atoms. The van der Waals surface area contributed by atoms with Crippen molar-refractivity contribution in [3.05, 3.63) is 36.1 Å². The number of nitrogens with zero attached hydrogens (tertiary/aromatic N) is 1. The predicted octanol–water partition coefficient (Wildman–Crippen LogP) is 1.61. The molecule has 2 aliphatic heterocycles. The van der Waals surface area contributed by atoms with Crippen molar-refractivity contribution >= 4 is 7.41 Å². The van der Waals surface area contributed by atoms with Crippen molar-refractivity contribution in [2.24, 2.45) is 0 Å². The normalized spacial score (nSPS) is 22.4. The van der Waals surface area contributed by atoms with Gasteiger partial charge in [0.2, 0.25) is 0 Å². The second-order valence-electron chi connectivity index (χ2n) is 3.74. The van der Waals surface area contributed by atoms with Crippen LogP contribution in [-0.2, 0) is 0 Å². The molecule has 1 fully saturated rings. The van der Waals surface area contributed by atoms with Gasteiger partial charge in [0.1, 0.15) is 0 Å². The largest absolute Gasteiger partial charge is 0.372 e. The van der Waals surface area contributed by atoms with Crippen LogP contribution in [-0.4, -0.2) is 25.3 Å². The second kappa shape index (κ2) is 5.06. The Morgan fingerprint density at radius 1 is 1.07 bits per heavy atom. The highest BCUT2D eigenvalue weighted by molar-refractivity contribution is 6.42. The number of hydrogen-bond donors (Lipinski definition) is 1. The van der Waals surface area contributed by atoms with E-state index in [0.717, 1.165) is 0 Å². The quantitative estimate of drug-likeness (QED) is 0.660. The molecular weight excluding hydrogens is 171 g/mol. The molecule has 0 bridgehead atoms. The molecular formula is C11H16BN2. The summed E-state index contributed by atoms with van der Waals surface area (Å²) in [4.78, 5) is 2.40. The molecule has 2 rings (SSSR count). The summed E-state index contributed by atoms with van der Waals surface area (Å²) in [6, 6.07) is 0. The van der Waals surface area contributed by atoms with E-state index in [1.165, 1.54) is 37.9 Å². The van der Waals surface area contributed by atoms with Crippen LogP contribution in [0.2, 0.25) is 0 Å². The monoisotopic (exact) mass is 187 g/mol. The summed E-state index contributed by atoms with van der Waals surface area (Å²) < 4.78 is 0. The molecule has 2 aliphatic rings. The van der Waals surface area contributed by atoms with Gasteiger partial charge in [-0.1, -0.05) is 24.6 Å². The van der Waals surface area contributed by atoms with Crippen LogP contribution in [0, 0.1) is 0 Å². The van der Waals surface area contributed by atoms with E-state index in [9.17, 15) is 0 Å². The SMILES string of the molecule is [B](C1=CC=CC=CN1)N1CCCCC1. The van der Waals surface area contributed by atoms with Gasteiger partial charge in [0.25, 0.3) is 7.41 Å². The number of nitrogens with one attached hydrogen (secondary N) is 1. The van der Waals surface area contributed by atoms with Crippen LogP contribution in [0.3, 0.4) is 0 Å². The van der Waals surface area contributed by atoms with Crippen molar-refractivity contribution in [2.45, 2.75) is 19.3 Å². The van der Waals surface area contributed by atoms with Crippen molar-refractivity contribution in [3.8, 4) is 0 Å². The van der Waals surface area contributed by atoms with Crippen molar-refractivity contribution in [3.63, 3.8) is 0 Å². The molecule has 2 heterocycles. The summed E-state index contributed by atoms with van der Waals surface area (Å²) in [6.07, 6.45) is 14.2. The lowest BCUT2D eigenvalue weighted by Gasteiger charge is -2.26. The van der Waals surface area contributed by atoms with Gasteiger partial charge in [-0.2, -0.15) is 0 Å². The van der Waals surface area contributed by atoms with Gasteiger partial charge in [0.05, 0.1) is 0 Å². The van der Waals surface area contributed by atoms with E-state index < -0.39 is 0 Å². The Morgan fingerprint density at radius 3 is 2.79 bits per heavy atom. The van der Waals surface area contributed by atoms with Crippen LogP contribution in [0.15, 0.2) is 36.1 Å². The molecule has 0 aromatic heterocycles. The maximum Gasteiger partial charge on any atom is 0.269 e. The number of rotatable bonds is 2. The van der Waals surface area contributed by atoms with Crippen molar-refractivity contribution in [1.82, 2.24) is 10.1 Å². The van der Waals surface area contributed by atoms with Gasteiger partial charge < -0.3 is 10.1 Å². The van der Waals surface area contributed by atoms with E-state index in [1.807, 2.05) is 18.4 Å². The maximum absolute atomic E-state index is 3.25. The second-order valence-corrected chi connectivity index (χ2v) is 3.74. The highest BCUT2D eigenvalue weighted by atomic mass is 15.1. The zero-order valence-electron chi connectivity index (χ0n) is 8.45. The maximum atomic E-state index is 3.25. The topological polar surface area (TPSA) is 15.3 Å². The Hall–Kier alpha value is -0.955. The minimum Gasteiger partial charge on any atom is -0.372 e. The van der Waals surface area contributed by atoms with Gasteiger partial charge in [-0.15, -0.1) is 0 Å². The minimum absolute atomic E-state index is 1.18. The molecule has 14 heavy (non-hydrogen) atoms. The molecule has 0 aromatic carbocycles. The smallest absolute Gasteiger partial charge is 0.269 e. The average Bonchev–Trinajstić information content (AvgIpc) is 2.48. The van der Waals surface area contributed by atoms with E-state index >= 15 is 0 Å². The Morgan fingerprint density at radius 2 is 1.93 bits per heavy atom. The first-order valence-corrected chi connectivity index (χ1v) is 5.34. The molecule has 0 aromatic rings. The zero-order valence-corrected chi connectivity index (χ0v) is 8.45. The van der Waals surface area contributed by atoms with Crippen molar-refractivity contribution in [1.29, 1.82) is 0 Å². The van der Waals surface area contributed by atoms with E-state index in [4.69, 9.17) is 0 Å². The van der Waals surface area contributed by atoms with E-state index in [-0.39, 0.29) is 0 Å². The van der Waals surface area contributed by atoms with Crippen LogP contribution < -0.4 is 5.32 Å². The summed E-state index contributed by atoms with van der Waals surface area (Å²) in [5.74, 6) is 0. The van der Waals surface area contributed by atoms with E-state index in [0.29, 0.717) is 0 Å². The van der Waals surface area contributed by atoms with Gasteiger partial charge in [-0.3, -0.25) is 0 Å². The fourth-order valence-electron chi connectivity index (χ4n) is 1.80. The fourth-order valence-corrected chi connectivity index (χ4v) is 1.80. The van der Waals surface area contributed by atoms with Gasteiger partial charge in [0, 0.05) is 0 Å². The molecule has 0 aliphatic carbocycles. The highest BCUT2D eigenvalue weighted by Gasteiger charge is 2.12. The molecule has 0 unspecified atom stereocenters. The van der Waals surface area contributed by atoms with Crippen LogP contribution in [0.1, 0.15) is 19.3 Å². The third-order valence-corrected chi connectivity index (χ3v) is 2.56. The first-order valence-electron chi connectivity index (χ1n) is 5.34. The lowest BCUT2D eigenvalue weighted by molar-refractivity contribution is 0.361. The number of allylic oxidation sites excluding steroid dienone is 4. The first-order chi connectivity index (χ1) is 6.95. The number of hydrogen-bond acceptors (Lipinski definition) is 2. The molecule has 0 atom stereocenters. The van der Waals surface area contributed by atoms with Gasteiger partial charge in [-0.05, 0) is 43.8 Å². The predicted molar refractivity (Wildman–Crippen MR) is 60.7 cm³/mol. The summed E-state index contributed by atoms with van der Waals surface area (Å²) in [5, 5.41) is 3.25. The van der Waals surface area contributed by atoms with E-state index in [2.05, 4.69) is 29.7 Å². The molecule has 0 amide bonds. The molecule has 2 nitrogen and oxygen atoms in total. The van der Waals surface area contributed by atoms with Gasteiger partial charge >= 0.3 is 0 Å². The van der Waals surface area contributed by atoms with Gasteiger partial charge in [-0.25, -0.2) is 0 Å². The Labute approximate surface area is 86.6 Å². The Bertz CT molecular complexity index is 262. The zero-order chi connectivity index (χ0) is 9.64. The molecule has 1 N–H and O–H groups in total. The van der Waals surface area contributed by atoms with E-state index in [1.54, 1.807) is 0 Å². The van der Waals surface area contributed by atoms with Crippen molar-refractivity contribution in [2.75, 3.05) is 13.1 Å². The summed E-state index contributed by atoms with van der Waals surface area (Å²) in [7, 11) is 2.22. The molecule has 73 valence electrons. The van der Waals surface area contributed by atoms with Crippen LogP contribution in [0.4, 0.5) is 0 Å². The molecule has 0 saturated carbocycles. The lowest BCUT2D eigenvalue weighted by Crippen LogP contribution is -2.36. The molecule has 1 radical (unpaired) electrons. The first kappa shape index (κ1) is 9.59. The molecule has 3 heteroatoms. The highest BCUT2D eigenvalue weighted by Crippen LogP contribution is 2.08. The minimum atomic E-state index is 1.18. The summed E-state index contributed by atoms with van der Waals surface area (Å²) >= 11 is 0. The number of piperidine rings is 1. The standard InChI is InChI=1S/C11H16BN2/c1-3-7-11(13-8-4-1)12-14-9-5-2-6-10-14/h1,3-4,7-8,13H,2,5-6,9-10H2. The third kappa shape index (κ3) is 2.77. The third-order valence-electron chi connectivity index (χ3n) is 2.56. The Balaban J connectivity index is 1.86. The van der Waals surface area contributed by atoms with Crippen LogP contribution >= 0.6 is 0 Å². The summed E-state index contributed by atoms with van der Waals surface area (Å²) in [5.41, 5.74) is 1.18. The molecule has 1 saturated heterocycles. The van der Waals surface area contributed by atoms with Crippen molar-refractivity contribution < 1.29 is 0 Å². The van der Waals surface area contributed by atoms with Gasteiger partial charge in [0.15, 0.2) is 0 Å². The Kier molecular flexibility index (Phi) is 3.47. The van der Waals surface area contributed by atoms with Crippen LogP contribution in [0.5, 0.6) is 0 Å². The lowest BCUT2D eigenvalue weighted by atomic mass is 9.83. The van der Waals surface area contributed by atoms with Crippen LogP contribution in [0.25, 0.3) is 0 Å². The average molecular weight is 187 g/mol. The summed E-state index contributed by atoms with van der Waals surface area (Å²) in [6.45, 7) is 2.40. The fraction of sp³-hybridized carbons (Fsp3) is 0.455.